The highest BCUT2D eigenvalue weighted by Gasteiger charge is 1.97. The van der Waals surface area contributed by atoms with Crippen LogP contribution >= 0.6 is 11.5 Å². The van der Waals surface area contributed by atoms with Crippen LogP contribution in [0.4, 0.5) is 0 Å². The largest absolute Gasteiger partial charge is 0.497 e. The van der Waals surface area contributed by atoms with Gasteiger partial charge in [-0.3, -0.25) is 0 Å². The molecule has 0 unspecified atom stereocenters. The van der Waals surface area contributed by atoms with Crippen LogP contribution in [0.15, 0.2) is 35.7 Å². The highest BCUT2D eigenvalue weighted by atomic mass is 32.1. The van der Waals surface area contributed by atoms with Crippen LogP contribution in [0.25, 0.3) is 0 Å². The number of ether oxygens (including phenoxy) is 2. The SMILES string of the molecule is COc1ccc(COc2ccsn2)cc1. The predicted molar refractivity (Wildman–Crippen MR) is 59.4 cm³/mol. The number of aromatic nitrogens is 1. The summed E-state index contributed by atoms with van der Waals surface area (Å²) < 4.78 is 14.6. The summed E-state index contributed by atoms with van der Waals surface area (Å²) in [5, 5.41) is 1.89. The third-order valence-corrected chi connectivity index (χ3v) is 2.50. The van der Waals surface area contributed by atoms with E-state index in [0.29, 0.717) is 12.5 Å². The summed E-state index contributed by atoms with van der Waals surface area (Å²) in [5.41, 5.74) is 1.10. The van der Waals surface area contributed by atoms with Gasteiger partial charge >= 0.3 is 0 Å². The Morgan fingerprint density at radius 1 is 1.20 bits per heavy atom. The predicted octanol–water partition coefficient (Wildman–Crippen LogP) is 2.73. The zero-order valence-electron chi connectivity index (χ0n) is 8.34. The highest BCUT2D eigenvalue weighted by molar-refractivity contribution is 7.03. The number of nitrogens with zero attached hydrogens (tertiary/aromatic N) is 1. The van der Waals surface area contributed by atoms with Crippen molar-refractivity contribution in [3.8, 4) is 11.6 Å². The molecular weight excluding hydrogens is 210 g/mol. The Morgan fingerprint density at radius 3 is 2.60 bits per heavy atom. The van der Waals surface area contributed by atoms with E-state index in [1.54, 1.807) is 7.11 Å². The fraction of sp³-hybridized carbons (Fsp3) is 0.182. The molecule has 3 nitrogen and oxygen atoms in total. The molecule has 1 heterocycles. The van der Waals surface area contributed by atoms with E-state index >= 15 is 0 Å². The molecular formula is C11H11NO2S. The Kier molecular flexibility index (Phi) is 3.19. The van der Waals surface area contributed by atoms with Gasteiger partial charge in [0, 0.05) is 11.4 Å². The van der Waals surface area contributed by atoms with Crippen LogP contribution in [0, 0.1) is 0 Å². The molecule has 78 valence electrons. The normalized spacial score (nSPS) is 9.93. The third kappa shape index (κ3) is 2.70. The van der Waals surface area contributed by atoms with Gasteiger partial charge < -0.3 is 9.47 Å². The van der Waals surface area contributed by atoms with E-state index in [-0.39, 0.29) is 0 Å². The summed E-state index contributed by atoms with van der Waals surface area (Å²) in [5.74, 6) is 1.53. The van der Waals surface area contributed by atoms with Crippen molar-refractivity contribution in [3.05, 3.63) is 41.3 Å². The molecule has 0 fully saturated rings. The van der Waals surface area contributed by atoms with Gasteiger partial charge in [0.2, 0.25) is 5.88 Å². The van der Waals surface area contributed by atoms with Gasteiger partial charge in [0.1, 0.15) is 12.4 Å². The molecule has 15 heavy (non-hydrogen) atoms. The Balaban J connectivity index is 1.93. The zero-order chi connectivity index (χ0) is 10.5. The van der Waals surface area contributed by atoms with Crippen LogP contribution in [-0.4, -0.2) is 11.5 Å². The Labute approximate surface area is 92.4 Å². The van der Waals surface area contributed by atoms with E-state index in [4.69, 9.17) is 9.47 Å². The summed E-state index contributed by atoms with van der Waals surface area (Å²) in [6.07, 6.45) is 0. The molecule has 4 heteroatoms. The summed E-state index contributed by atoms with van der Waals surface area (Å²) >= 11 is 1.39. The smallest absolute Gasteiger partial charge is 0.225 e. The van der Waals surface area contributed by atoms with Crippen molar-refractivity contribution in [3.63, 3.8) is 0 Å². The lowest BCUT2D eigenvalue weighted by Crippen LogP contribution is -1.95. The molecule has 0 aliphatic rings. The number of hydrogen-bond donors (Lipinski definition) is 0. The average molecular weight is 221 g/mol. The Hall–Kier alpha value is -1.55. The molecule has 0 atom stereocenters. The van der Waals surface area contributed by atoms with Gasteiger partial charge in [-0.05, 0) is 29.2 Å². The second-order valence-electron chi connectivity index (χ2n) is 2.97. The van der Waals surface area contributed by atoms with Crippen molar-refractivity contribution in [2.45, 2.75) is 6.61 Å². The lowest BCUT2D eigenvalue weighted by molar-refractivity contribution is 0.297. The first-order chi connectivity index (χ1) is 7.38. The number of hydrogen-bond acceptors (Lipinski definition) is 4. The minimum Gasteiger partial charge on any atom is -0.497 e. The van der Waals surface area contributed by atoms with Crippen molar-refractivity contribution >= 4 is 11.5 Å². The van der Waals surface area contributed by atoms with Crippen LogP contribution in [0.1, 0.15) is 5.56 Å². The minimum absolute atomic E-state index is 0.535. The van der Waals surface area contributed by atoms with E-state index in [9.17, 15) is 0 Å². The fourth-order valence-electron chi connectivity index (χ4n) is 1.15. The lowest BCUT2D eigenvalue weighted by atomic mass is 10.2. The molecule has 0 spiro atoms. The molecule has 0 amide bonds. The zero-order valence-corrected chi connectivity index (χ0v) is 9.16. The maximum atomic E-state index is 5.46. The molecule has 0 N–H and O–H groups in total. The molecule has 2 rings (SSSR count). The number of methoxy groups -OCH3 is 1. The Bertz CT molecular complexity index is 397. The van der Waals surface area contributed by atoms with Gasteiger partial charge in [-0.2, -0.15) is 4.37 Å². The van der Waals surface area contributed by atoms with Crippen LogP contribution in [0.3, 0.4) is 0 Å². The molecule has 1 aromatic heterocycles. The average Bonchev–Trinajstić information content (AvgIpc) is 2.80. The topological polar surface area (TPSA) is 31.4 Å². The van der Waals surface area contributed by atoms with Gasteiger partial charge in [-0.15, -0.1) is 0 Å². The van der Waals surface area contributed by atoms with Gasteiger partial charge in [-0.25, -0.2) is 0 Å². The standard InChI is InChI=1S/C11H11NO2S/c1-13-10-4-2-9(3-5-10)8-14-11-6-7-15-12-11/h2-7H,8H2,1H3. The summed E-state index contributed by atoms with van der Waals surface area (Å²) in [6.45, 7) is 0.535. The van der Waals surface area contributed by atoms with Gasteiger partial charge in [0.25, 0.3) is 0 Å². The molecule has 0 saturated heterocycles. The van der Waals surface area contributed by atoms with Crippen LogP contribution < -0.4 is 9.47 Å². The maximum absolute atomic E-state index is 5.46. The molecule has 0 aliphatic carbocycles. The van der Waals surface area contributed by atoms with Crippen LogP contribution in [0.5, 0.6) is 11.6 Å². The van der Waals surface area contributed by atoms with E-state index in [1.165, 1.54) is 11.5 Å². The molecule has 0 bridgehead atoms. The summed E-state index contributed by atoms with van der Waals surface area (Å²) in [4.78, 5) is 0. The van der Waals surface area contributed by atoms with E-state index in [2.05, 4.69) is 4.37 Å². The maximum Gasteiger partial charge on any atom is 0.225 e. The molecule has 1 aromatic carbocycles. The summed E-state index contributed by atoms with van der Waals surface area (Å²) in [7, 11) is 1.65. The number of benzene rings is 1. The first kappa shape index (κ1) is 9.98. The molecule has 2 aromatic rings. The van der Waals surface area contributed by atoms with Gasteiger partial charge in [0.05, 0.1) is 7.11 Å². The molecule has 0 saturated carbocycles. The lowest BCUT2D eigenvalue weighted by Gasteiger charge is -2.04. The Morgan fingerprint density at radius 2 is 2.00 bits per heavy atom. The third-order valence-electron chi connectivity index (χ3n) is 1.96. The van der Waals surface area contributed by atoms with Gasteiger partial charge in [-0.1, -0.05) is 12.1 Å². The number of rotatable bonds is 4. The molecule has 0 aliphatic heterocycles. The van der Waals surface area contributed by atoms with Crippen molar-refractivity contribution in [1.29, 1.82) is 0 Å². The second-order valence-corrected chi connectivity index (χ2v) is 3.64. The van der Waals surface area contributed by atoms with Crippen LogP contribution in [0.2, 0.25) is 0 Å². The minimum atomic E-state index is 0.535. The van der Waals surface area contributed by atoms with Gasteiger partial charge in [0.15, 0.2) is 0 Å². The van der Waals surface area contributed by atoms with Crippen LogP contribution in [-0.2, 0) is 6.61 Å². The first-order valence-electron chi connectivity index (χ1n) is 4.54. The van der Waals surface area contributed by atoms with Crippen molar-refractivity contribution in [2.75, 3.05) is 7.11 Å². The van der Waals surface area contributed by atoms with E-state index in [0.717, 1.165) is 11.3 Å². The highest BCUT2D eigenvalue weighted by Crippen LogP contribution is 2.14. The van der Waals surface area contributed by atoms with E-state index < -0.39 is 0 Å². The van der Waals surface area contributed by atoms with E-state index in [1.807, 2.05) is 35.7 Å². The molecule has 0 radical (unpaired) electrons. The van der Waals surface area contributed by atoms with Crippen molar-refractivity contribution in [2.24, 2.45) is 0 Å². The van der Waals surface area contributed by atoms with Crippen molar-refractivity contribution in [1.82, 2.24) is 4.37 Å². The monoisotopic (exact) mass is 221 g/mol. The quantitative estimate of drug-likeness (QED) is 0.795. The van der Waals surface area contributed by atoms with Crippen molar-refractivity contribution < 1.29 is 9.47 Å². The second kappa shape index (κ2) is 4.79. The summed E-state index contributed by atoms with van der Waals surface area (Å²) in [6, 6.07) is 9.64. The fourth-order valence-corrected chi connectivity index (χ4v) is 1.61. The first-order valence-corrected chi connectivity index (χ1v) is 5.38.